The maximum absolute atomic E-state index is 11.7. The number of benzene rings is 1. The van der Waals surface area contributed by atoms with E-state index >= 15 is 0 Å². The van der Waals surface area contributed by atoms with E-state index in [1.165, 1.54) is 7.11 Å². The van der Waals surface area contributed by atoms with E-state index in [0.717, 1.165) is 0 Å². The van der Waals surface area contributed by atoms with Gasteiger partial charge in [-0.1, -0.05) is 23.7 Å². The van der Waals surface area contributed by atoms with Crippen molar-refractivity contribution < 1.29 is 14.3 Å². The Morgan fingerprint density at radius 1 is 1.31 bits per heavy atom. The first kappa shape index (κ1) is 12.9. The summed E-state index contributed by atoms with van der Waals surface area (Å²) in [5, 5.41) is 0.382. The molecule has 0 spiro atoms. The van der Waals surface area contributed by atoms with Gasteiger partial charge in [0.05, 0.1) is 18.1 Å². The third kappa shape index (κ3) is 3.76. The summed E-state index contributed by atoms with van der Waals surface area (Å²) in [5.41, 5.74) is 0.398. The number of ether oxygens (including phenoxy) is 1. The van der Waals surface area contributed by atoms with Gasteiger partial charge in [0.2, 0.25) is 0 Å². The van der Waals surface area contributed by atoms with Gasteiger partial charge >= 0.3 is 0 Å². The van der Waals surface area contributed by atoms with Crippen LogP contribution in [-0.2, 0) is 9.53 Å². The maximum Gasteiger partial charge on any atom is 0.171 e. The SMILES string of the molecule is COCCC(=O)CC(=O)c1ccccc1Cl. The third-order valence-electron chi connectivity index (χ3n) is 2.12. The van der Waals surface area contributed by atoms with Gasteiger partial charge in [-0.15, -0.1) is 0 Å². The molecule has 0 aromatic heterocycles. The van der Waals surface area contributed by atoms with Crippen LogP contribution in [0.25, 0.3) is 0 Å². The van der Waals surface area contributed by atoms with Crippen molar-refractivity contribution in [2.75, 3.05) is 13.7 Å². The minimum atomic E-state index is -0.244. The highest BCUT2D eigenvalue weighted by Crippen LogP contribution is 2.16. The van der Waals surface area contributed by atoms with Crippen molar-refractivity contribution in [3.8, 4) is 0 Å². The predicted molar refractivity (Wildman–Crippen MR) is 61.9 cm³/mol. The molecule has 0 fully saturated rings. The topological polar surface area (TPSA) is 43.4 Å². The molecule has 0 saturated heterocycles. The van der Waals surface area contributed by atoms with Crippen molar-refractivity contribution in [1.82, 2.24) is 0 Å². The van der Waals surface area contributed by atoms with Crippen LogP contribution in [0.15, 0.2) is 24.3 Å². The molecule has 0 saturated carbocycles. The number of carbonyl (C=O) groups excluding carboxylic acids is 2. The molecule has 4 heteroatoms. The summed E-state index contributed by atoms with van der Waals surface area (Å²) >= 11 is 5.85. The normalized spacial score (nSPS) is 10.1. The maximum atomic E-state index is 11.7. The average Bonchev–Trinajstić information content (AvgIpc) is 2.26. The molecule has 0 N–H and O–H groups in total. The fraction of sp³-hybridized carbons (Fsp3) is 0.333. The Labute approximate surface area is 99.4 Å². The van der Waals surface area contributed by atoms with Crippen LogP contribution in [0.1, 0.15) is 23.2 Å². The summed E-state index contributed by atoms with van der Waals surface area (Å²) in [6.07, 6.45) is 0.139. The Hall–Kier alpha value is -1.19. The quantitative estimate of drug-likeness (QED) is 0.567. The van der Waals surface area contributed by atoms with Crippen molar-refractivity contribution in [2.24, 2.45) is 0 Å². The summed E-state index contributed by atoms with van der Waals surface area (Å²) in [6.45, 7) is 0.342. The van der Waals surface area contributed by atoms with Gasteiger partial charge < -0.3 is 4.74 Å². The van der Waals surface area contributed by atoms with E-state index in [0.29, 0.717) is 17.2 Å². The van der Waals surface area contributed by atoms with Gasteiger partial charge in [0.25, 0.3) is 0 Å². The van der Waals surface area contributed by atoms with E-state index in [4.69, 9.17) is 16.3 Å². The van der Waals surface area contributed by atoms with Crippen molar-refractivity contribution >= 4 is 23.2 Å². The molecule has 0 aliphatic carbocycles. The lowest BCUT2D eigenvalue weighted by atomic mass is 10.0. The molecular formula is C12H13ClO3. The monoisotopic (exact) mass is 240 g/mol. The standard InChI is InChI=1S/C12H13ClO3/c1-16-7-6-9(14)8-12(15)10-4-2-3-5-11(10)13/h2-5H,6-8H2,1H3. The van der Waals surface area contributed by atoms with Gasteiger partial charge in [-0.25, -0.2) is 0 Å². The second-order valence-electron chi connectivity index (χ2n) is 3.36. The van der Waals surface area contributed by atoms with E-state index in [9.17, 15) is 9.59 Å². The molecular weight excluding hydrogens is 228 g/mol. The molecule has 16 heavy (non-hydrogen) atoms. The van der Waals surface area contributed by atoms with E-state index in [1.54, 1.807) is 24.3 Å². The van der Waals surface area contributed by atoms with Crippen LogP contribution in [0.2, 0.25) is 5.02 Å². The first-order valence-corrected chi connectivity index (χ1v) is 5.31. The molecule has 1 aromatic rings. The lowest BCUT2D eigenvalue weighted by molar-refractivity contribution is -0.119. The predicted octanol–water partition coefficient (Wildman–Crippen LogP) is 2.52. The second kappa shape index (κ2) is 6.40. The van der Waals surface area contributed by atoms with E-state index in [2.05, 4.69) is 0 Å². The van der Waals surface area contributed by atoms with E-state index in [1.807, 2.05) is 0 Å². The molecule has 86 valence electrons. The molecule has 0 amide bonds. The molecule has 1 aromatic carbocycles. The Kier molecular flexibility index (Phi) is 5.15. The van der Waals surface area contributed by atoms with Crippen LogP contribution < -0.4 is 0 Å². The first-order chi connectivity index (χ1) is 7.65. The zero-order valence-corrected chi connectivity index (χ0v) is 9.79. The Balaban J connectivity index is 2.59. The van der Waals surface area contributed by atoms with Crippen molar-refractivity contribution in [3.63, 3.8) is 0 Å². The lowest BCUT2D eigenvalue weighted by Gasteiger charge is -2.02. The number of Topliss-reactive ketones (excluding diaryl/α,β-unsaturated/α-hetero) is 2. The summed E-state index contributed by atoms with van der Waals surface area (Å²) in [4.78, 5) is 23.0. The molecule has 0 bridgehead atoms. The van der Waals surface area contributed by atoms with Crippen molar-refractivity contribution in [3.05, 3.63) is 34.9 Å². The molecule has 0 aliphatic heterocycles. The highest BCUT2D eigenvalue weighted by Gasteiger charge is 2.13. The lowest BCUT2D eigenvalue weighted by Crippen LogP contribution is -2.10. The fourth-order valence-corrected chi connectivity index (χ4v) is 1.51. The zero-order chi connectivity index (χ0) is 12.0. The summed E-state index contributed by atoms with van der Waals surface area (Å²) in [5.74, 6) is -0.376. The molecule has 0 aliphatic rings. The van der Waals surface area contributed by atoms with Gasteiger partial charge in [-0.05, 0) is 12.1 Å². The Morgan fingerprint density at radius 3 is 2.62 bits per heavy atom. The van der Waals surface area contributed by atoms with Crippen LogP contribution in [0.3, 0.4) is 0 Å². The minimum Gasteiger partial charge on any atom is -0.384 e. The highest BCUT2D eigenvalue weighted by molar-refractivity contribution is 6.34. The number of carbonyl (C=O) groups is 2. The average molecular weight is 241 g/mol. The molecule has 0 unspecified atom stereocenters. The van der Waals surface area contributed by atoms with Gasteiger partial charge in [0, 0.05) is 19.1 Å². The number of halogens is 1. The van der Waals surface area contributed by atoms with Crippen LogP contribution in [-0.4, -0.2) is 25.3 Å². The molecule has 0 radical (unpaired) electrons. The zero-order valence-electron chi connectivity index (χ0n) is 9.03. The molecule has 0 atom stereocenters. The van der Waals surface area contributed by atoms with Gasteiger partial charge in [-0.3, -0.25) is 9.59 Å². The molecule has 0 heterocycles. The Bertz CT molecular complexity index is 388. The van der Waals surface area contributed by atoms with Crippen LogP contribution >= 0.6 is 11.6 Å². The van der Waals surface area contributed by atoms with Gasteiger partial charge in [0.15, 0.2) is 5.78 Å². The van der Waals surface area contributed by atoms with E-state index < -0.39 is 0 Å². The smallest absolute Gasteiger partial charge is 0.171 e. The Morgan fingerprint density at radius 2 is 2.00 bits per heavy atom. The van der Waals surface area contributed by atoms with Crippen LogP contribution in [0, 0.1) is 0 Å². The second-order valence-corrected chi connectivity index (χ2v) is 3.77. The summed E-state index contributed by atoms with van der Waals surface area (Å²) < 4.78 is 4.77. The van der Waals surface area contributed by atoms with E-state index in [-0.39, 0.29) is 24.4 Å². The fourth-order valence-electron chi connectivity index (χ4n) is 1.27. The number of ketones is 2. The van der Waals surface area contributed by atoms with Crippen LogP contribution in [0.5, 0.6) is 0 Å². The number of rotatable bonds is 6. The highest BCUT2D eigenvalue weighted by atomic mass is 35.5. The third-order valence-corrected chi connectivity index (χ3v) is 2.45. The minimum absolute atomic E-state index is 0.118. The largest absolute Gasteiger partial charge is 0.384 e. The molecule has 3 nitrogen and oxygen atoms in total. The molecule has 1 rings (SSSR count). The first-order valence-electron chi connectivity index (χ1n) is 4.93. The number of hydrogen-bond acceptors (Lipinski definition) is 3. The van der Waals surface area contributed by atoms with Crippen LogP contribution in [0.4, 0.5) is 0 Å². The number of methoxy groups -OCH3 is 1. The number of hydrogen-bond donors (Lipinski definition) is 0. The van der Waals surface area contributed by atoms with Crippen molar-refractivity contribution in [2.45, 2.75) is 12.8 Å². The van der Waals surface area contributed by atoms with Gasteiger partial charge in [0.1, 0.15) is 5.78 Å². The van der Waals surface area contributed by atoms with Crippen molar-refractivity contribution in [1.29, 1.82) is 0 Å². The summed E-state index contributed by atoms with van der Waals surface area (Å²) in [6, 6.07) is 6.72. The summed E-state index contributed by atoms with van der Waals surface area (Å²) in [7, 11) is 1.52. The van der Waals surface area contributed by atoms with Gasteiger partial charge in [-0.2, -0.15) is 0 Å².